The predicted octanol–water partition coefficient (Wildman–Crippen LogP) is 4.78. The molecule has 0 spiro atoms. The van der Waals surface area contributed by atoms with Crippen LogP contribution in [0.25, 0.3) is 11.1 Å². The summed E-state index contributed by atoms with van der Waals surface area (Å²) in [6, 6.07) is 13.9. The zero-order chi connectivity index (χ0) is 14.7. The molecule has 0 bridgehead atoms. The second-order valence-corrected chi connectivity index (χ2v) is 5.93. The van der Waals surface area contributed by atoms with Crippen molar-refractivity contribution in [2.75, 3.05) is 0 Å². The molecular formula is C19H25N. The van der Waals surface area contributed by atoms with Gasteiger partial charge >= 0.3 is 0 Å². The fourth-order valence-corrected chi connectivity index (χ4v) is 2.50. The van der Waals surface area contributed by atoms with Crippen LogP contribution in [0.4, 0.5) is 0 Å². The third kappa shape index (κ3) is 3.29. The molecule has 0 atom stereocenters. The summed E-state index contributed by atoms with van der Waals surface area (Å²) >= 11 is 0. The van der Waals surface area contributed by atoms with Gasteiger partial charge in [0.2, 0.25) is 0 Å². The first-order chi connectivity index (χ1) is 9.49. The molecule has 1 nitrogen and oxygen atoms in total. The molecule has 1 heteroatoms. The van der Waals surface area contributed by atoms with Crippen molar-refractivity contribution in [1.82, 2.24) is 5.32 Å². The van der Waals surface area contributed by atoms with Crippen molar-refractivity contribution in [2.45, 2.75) is 47.2 Å². The maximum atomic E-state index is 3.47. The van der Waals surface area contributed by atoms with Crippen molar-refractivity contribution in [3.05, 3.63) is 58.7 Å². The molecule has 0 saturated carbocycles. The van der Waals surface area contributed by atoms with Crippen LogP contribution in [0.2, 0.25) is 0 Å². The Kier molecular flexibility index (Phi) is 4.61. The topological polar surface area (TPSA) is 12.0 Å². The monoisotopic (exact) mass is 267 g/mol. The Morgan fingerprint density at radius 1 is 0.900 bits per heavy atom. The highest BCUT2D eigenvalue weighted by molar-refractivity contribution is 5.71. The molecule has 0 aromatic heterocycles. The average molecular weight is 267 g/mol. The van der Waals surface area contributed by atoms with Gasteiger partial charge in [0.1, 0.15) is 0 Å². The van der Waals surface area contributed by atoms with Crippen molar-refractivity contribution in [3.8, 4) is 11.1 Å². The summed E-state index contributed by atoms with van der Waals surface area (Å²) in [6.45, 7) is 11.9. The lowest BCUT2D eigenvalue weighted by Crippen LogP contribution is -2.21. The second kappa shape index (κ2) is 6.23. The van der Waals surface area contributed by atoms with Crippen molar-refractivity contribution in [1.29, 1.82) is 0 Å². The summed E-state index contributed by atoms with van der Waals surface area (Å²) in [4.78, 5) is 0. The lowest BCUT2D eigenvalue weighted by molar-refractivity contribution is 0.589. The normalized spacial score (nSPS) is 11.1. The van der Waals surface area contributed by atoms with Crippen LogP contribution < -0.4 is 5.32 Å². The van der Waals surface area contributed by atoms with Gasteiger partial charge in [-0.3, -0.25) is 0 Å². The van der Waals surface area contributed by atoms with Crippen LogP contribution in [0.1, 0.15) is 36.1 Å². The van der Waals surface area contributed by atoms with E-state index in [0.717, 1.165) is 6.54 Å². The summed E-state index contributed by atoms with van der Waals surface area (Å²) in [5, 5.41) is 3.47. The summed E-state index contributed by atoms with van der Waals surface area (Å²) in [6.07, 6.45) is 0. The summed E-state index contributed by atoms with van der Waals surface area (Å²) in [7, 11) is 0. The van der Waals surface area contributed by atoms with E-state index >= 15 is 0 Å². The van der Waals surface area contributed by atoms with Crippen molar-refractivity contribution >= 4 is 0 Å². The van der Waals surface area contributed by atoms with Gasteiger partial charge in [-0.1, -0.05) is 50.2 Å². The maximum Gasteiger partial charge on any atom is 0.0207 e. The molecule has 106 valence electrons. The highest BCUT2D eigenvalue weighted by Gasteiger charge is 2.07. The maximum absolute atomic E-state index is 3.47. The van der Waals surface area contributed by atoms with E-state index in [1.807, 2.05) is 0 Å². The number of benzene rings is 2. The number of nitrogens with one attached hydrogen (secondary N) is 1. The smallest absolute Gasteiger partial charge is 0.0207 e. The van der Waals surface area contributed by atoms with Gasteiger partial charge in [0.05, 0.1) is 0 Å². The van der Waals surface area contributed by atoms with Crippen LogP contribution in [-0.2, 0) is 6.54 Å². The molecule has 2 rings (SSSR count). The lowest BCUT2D eigenvalue weighted by atomic mass is 9.93. The summed E-state index contributed by atoms with van der Waals surface area (Å²) < 4.78 is 0. The van der Waals surface area contributed by atoms with Gasteiger partial charge in [-0.25, -0.2) is 0 Å². The van der Waals surface area contributed by atoms with Gasteiger partial charge in [0.25, 0.3) is 0 Å². The van der Waals surface area contributed by atoms with Gasteiger partial charge in [-0.05, 0) is 54.2 Å². The highest BCUT2D eigenvalue weighted by Crippen LogP contribution is 2.28. The average Bonchev–Trinajstić information content (AvgIpc) is 2.40. The molecule has 0 aliphatic heterocycles. The molecule has 0 fully saturated rings. The molecule has 20 heavy (non-hydrogen) atoms. The molecule has 0 aliphatic rings. The van der Waals surface area contributed by atoms with E-state index in [-0.39, 0.29) is 0 Å². The predicted molar refractivity (Wildman–Crippen MR) is 88.1 cm³/mol. The Morgan fingerprint density at radius 3 is 2.30 bits per heavy atom. The van der Waals surface area contributed by atoms with Gasteiger partial charge in [0, 0.05) is 12.6 Å². The van der Waals surface area contributed by atoms with Crippen molar-refractivity contribution in [3.63, 3.8) is 0 Å². The number of aryl methyl sites for hydroxylation is 2. The van der Waals surface area contributed by atoms with Gasteiger partial charge in [-0.2, -0.15) is 0 Å². The zero-order valence-electron chi connectivity index (χ0n) is 13.2. The minimum atomic E-state index is 0.522. The molecular weight excluding hydrogens is 242 g/mol. The van der Waals surface area contributed by atoms with E-state index in [1.165, 1.54) is 33.4 Å². The Morgan fingerprint density at radius 2 is 1.65 bits per heavy atom. The molecule has 0 unspecified atom stereocenters. The van der Waals surface area contributed by atoms with E-state index in [2.05, 4.69) is 76.3 Å². The van der Waals surface area contributed by atoms with Crippen LogP contribution in [0.15, 0.2) is 36.4 Å². The highest BCUT2D eigenvalue weighted by atomic mass is 14.9. The van der Waals surface area contributed by atoms with Gasteiger partial charge < -0.3 is 5.32 Å². The first-order valence-corrected chi connectivity index (χ1v) is 7.38. The quantitative estimate of drug-likeness (QED) is 0.841. The molecule has 0 radical (unpaired) electrons. The van der Waals surface area contributed by atoms with Crippen LogP contribution in [0.3, 0.4) is 0 Å². The minimum absolute atomic E-state index is 0.522. The van der Waals surface area contributed by atoms with E-state index in [1.54, 1.807) is 0 Å². The summed E-state index contributed by atoms with van der Waals surface area (Å²) in [5.41, 5.74) is 8.13. The summed E-state index contributed by atoms with van der Waals surface area (Å²) in [5.74, 6) is 0. The Labute approximate surface area is 123 Å². The van der Waals surface area contributed by atoms with Crippen LogP contribution >= 0.6 is 0 Å². The van der Waals surface area contributed by atoms with E-state index in [9.17, 15) is 0 Å². The van der Waals surface area contributed by atoms with Gasteiger partial charge in [0.15, 0.2) is 0 Å². The lowest BCUT2D eigenvalue weighted by Gasteiger charge is -2.14. The number of rotatable bonds is 4. The van der Waals surface area contributed by atoms with Crippen molar-refractivity contribution < 1.29 is 0 Å². The molecule has 2 aromatic carbocycles. The SMILES string of the molecule is Cc1cc(CNC(C)C)ccc1-c1cccc(C)c1C. The van der Waals surface area contributed by atoms with Gasteiger partial charge in [-0.15, -0.1) is 0 Å². The Hall–Kier alpha value is -1.60. The zero-order valence-corrected chi connectivity index (χ0v) is 13.2. The Balaban J connectivity index is 2.32. The molecule has 2 aromatic rings. The fourth-order valence-electron chi connectivity index (χ4n) is 2.50. The first-order valence-electron chi connectivity index (χ1n) is 7.38. The fraction of sp³-hybridized carbons (Fsp3) is 0.368. The Bertz CT molecular complexity index is 597. The third-order valence-corrected chi connectivity index (χ3v) is 3.90. The van der Waals surface area contributed by atoms with E-state index in [4.69, 9.17) is 0 Å². The van der Waals surface area contributed by atoms with E-state index in [0.29, 0.717) is 6.04 Å². The molecule has 0 amide bonds. The van der Waals surface area contributed by atoms with E-state index < -0.39 is 0 Å². The first kappa shape index (κ1) is 14.8. The molecule has 1 N–H and O–H groups in total. The molecule has 0 saturated heterocycles. The van der Waals surface area contributed by atoms with Crippen LogP contribution in [0, 0.1) is 20.8 Å². The molecule has 0 aliphatic carbocycles. The standard InChI is InChI=1S/C19H25N/c1-13(2)20-12-17-9-10-18(15(4)11-17)19-8-6-7-14(3)16(19)5/h6-11,13,20H,12H2,1-5H3. The number of hydrogen-bond donors (Lipinski definition) is 1. The largest absolute Gasteiger partial charge is 0.310 e. The number of hydrogen-bond acceptors (Lipinski definition) is 1. The van der Waals surface area contributed by atoms with Crippen LogP contribution in [-0.4, -0.2) is 6.04 Å². The second-order valence-electron chi connectivity index (χ2n) is 5.93. The minimum Gasteiger partial charge on any atom is -0.310 e. The van der Waals surface area contributed by atoms with Crippen LogP contribution in [0.5, 0.6) is 0 Å². The molecule has 0 heterocycles. The van der Waals surface area contributed by atoms with Crippen molar-refractivity contribution in [2.24, 2.45) is 0 Å². The third-order valence-electron chi connectivity index (χ3n) is 3.90.